The predicted molar refractivity (Wildman–Crippen MR) is 92.5 cm³/mol. The lowest BCUT2D eigenvalue weighted by Crippen LogP contribution is -2.55. The van der Waals surface area contributed by atoms with Gasteiger partial charge in [-0.15, -0.1) is 0 Å². The van der Waals surface area contributed by atoms with Crippen molar-refractivity contribution in [1.29, 1.82) is 0 Å². The standard InChI is InChI=1S/C17H21Cl2NO4/c1-23-16(22)17(8-4-2-3-5-9-17)20-15(21)11-24-14-7-6-12(18)10-13(14)19/h6-7,10H,2-5,8-9,11H2,1H3,(H,20,21). The number of hydrogen-bond donors (Lipinski definition) is 1. The Hall–Kier alpha value is -1.46. The smallest absolute Gasteiger partial charge is 0.331 e. The summed E-state index contributed by atoms with van der Waals surface area (Å²) in [6.45, 7) is -0.236. The summed E-state index contributed by atoms with van der Waals surface area (Å²) in [4.78, 5) is 24.5. The maximum Gasteiger partial charge on any atom is 0.331 e. The number of ether oxygens (including phenoxy) is 2. The summed E-state index contributed by atoms with van der Waals surface area (Å²) in [6, 6.07) is 4.76. The summed E-state index contributed by atoms with van der Waals surface area (Å²) in [5, 5.41) is 3.63. The van der Waals surface area contributed by atoms with Gasteiger partial charge in [0.05, 0.1) is 12.1 Å². The summed E-state index contributed by atoms with van der Waals surface area (Å²) in [5.41, 5.74) is -0.963. The van der Waals surface area contributed by atoms with Crippen molar-refractivity contribution >= 4 is 35.1 Å². The van der Waals surface area contributed by atoms with E-state index in [1.807, 2.05) is 0 Å². The summed E-state index contributed by atoms with van der Waals surface area (Å²) in [6.07, 6.45) is 5.00. The molecule has 1 saturated carbocycles. The molecule has 0 spiro atoms. The van der Waals surface area contributed by atoms with E-state index in [9.17, 15) is 9.59 Å². The quantitative estimate of drug-likeness (QED) is 0.630. The summed E-state index contributed by atoms with van der Waals surface area (Å²) in [5.74, 6) is -0.417. The van der Waals surface area contributed by atoms with Crippen LogP contribution in [0, 0.1) is 0 Å². The molecule has 0 radical (unpaired) electrons. The molecule has 1 aliphatic carbocycles. The number of nitrogens with one attached hydrogen (secondary N) is 1. The van der Waals surface area contributed by atoms with E-state index in [2.05, 4.69) is 5.32 Å². The molecule has 1 aromatic carbocycles. The fraction of sp³-hybridized carbons (Fsp3) is 0.529. The lowest BCUT2D eigenvalue weighted by molar-refractivity contribution is -0.152. The van der Waals surface area contributed by atoms with Crippen molar-refractivity contribution in [2.24, 2.45) is 0 Å². The maximum absolute atomic E-state index is 12.3. The number of esters is 1. The number of methoxy groups -OCH3 is 1. The number of carbonyl (C=O) groups is 2. The molecular weight excluding hydrogens is 353 g/mol. The zero-order valence-corrected chi connectivity index (χ0v) is 15.1. The van der Waals surface area contributed by atoms with Crippen LogP contribution in [0.5, 0.6) is 5.75 Å². The highest BCUT2D eigenvalue weighted by Gasteiger charge is 2.41. The summed E-state index contributed by atoms with van der Waals surface area (Å²) in [7, 11) is 1.34. The molecule has 0 aromatic heterocycles. The molecule has 1 N–H and O–H groups in total. The second kappa shape index (κ2) is 8.58. The van der Waals surface area contributed by atoms with Gasteiger partial charge in [-0.2, -0.15) is 0 Å². The van der Waals surface area contributed by atoms with Gasteiger partial charge in [-0.25, -0.2) is 4.79 Å². The highest BCUT2D eigenvalue weighted by atomic mass is 35.5. The second-order valence-corrected chi connectivity index (χ2v) is 6.74. The summed E-state index contributed by atoms with van der Waals surface area (Å²) < 4.78 is 10.3. The summed E-state index contributed by atoms with van der Waals surface area (Å²) >= 11 is 11.8. The Labute approximate surface area is 151 Å². The first-order valence-electron chi connectivity index (χ1n) is 7.94. The Balaban J connectivity index is 2.01. The molecule has 7 heteroatoms. The zero-order valence-electron chi connectivity index (χ0n) is 13.6. The first-order chi connectivity index (χ1) is 11.5. The monoisotopic (exact) mass is 373 g/mol. The van der Waals surface area contributed by atoms with Crippen LogP contribution in [0.15, 0.2) is 18.2 Å². The fourth-order valence-corrected chi connectivity index (χ4v) is 3.41. The zero-order chi connectivity index (χ0) is 17.6. The molecule has 132 valence electrons. The first-order valence-corrected chi connectivity index (χ1v) is 8.70. The molecule has 0 atom stereocenters. The van der Waals surface area contributed by atoms with Gasteiger partial charge in [0.1, 0.15) is 11.3 Å². The number of hydrogen-bond acceptors (Lipinski definition) is 4. The van der Waals surface area contributed by atoms with E-state index in [0.717, 1.165) is 25.7 Å². The molecule has 0 aliphatic heterocycles. The second-order valence-electron chi connectivity index (χ2n) is 5.90. The van der Waals surface area contributed by atoms with Gasteiger partial charge in [0.25, 0.3) is 5.91 Å². The Morgan fingerprint density at radius 1 is 1.17 bits per heavy atom. The molecule has 1 amide bonds. The number of halogens is 2. The van der Waals surface area contributed by atoms with Crippen molar-refractivity contribution in [2.45, 2.75) is 44.1 Å². The van der Waals surface area contributed by atoms with Crippen LogP contribution in [0.1, 0.15) is 38.5 Å². The van der Waals surface area contributed by atoms with Crippen molar-refractivity contribution in [1.82, 2.24) is 5.32 Å². The van der Waals surface area contributed by atoms with Crippen LogP contribution in [-0.2, 0) is 14.3 Å². The third kappa shape index (κ3) is 4.77. The highest BCUT2D eigenvalue weighted by Crippen LogP contribution is 2.29. The van der Waals surface area contributed by atoms with Crippen LogP contribution >= 0.6 is 23.2 Å². The van der Waals surface area contributed by atoms with E-state index in [4.69, 9.17) is 32.7 Å². The highest BCUT2D eigenvalue weighted by molar-refractivity contribution is 6.35. The SMILES string of the molecule is COC(=O)C1(NC(=O)COc2ccc(Cl)cc2Cl)CCCCCC1. The third-order valence-corrected chi connectivity index (χ3v) is 4.70. The molecular formula is C17H21Cl2NO4. The molecule has 2 rings (SSSR count). The van der Waals surface area contributed by atoms with E-state index < -0.39 is 11.5 Å². The van der Waals surface area contributed by atoms with Crippen LogP contribution in [0.4, 0.5) is 0 Å². The third-order valence-electron chi connectivity index (χ3n) is 4.16. The van der Waals surface area contributed by atoms with Gasteiger partial charge in [0, 0.05) is 5.02 Å². The molecule has 0 unspecified atom stereocenters. The minimum absolute atomic E-state index is 0.236. The fourth-order valence-electron chi connectivity index (χ4n) is 2.95. The average Bonchev–Trinajstić information content (AvgIpc) is 2.79. The lowest BCUT2D eigenvalue weighted by Gasteiger charge is -2.30. The normalized spacial score (nSPS) is 16.8. The Morgan fingerprint density at radius 2 is 1.83 bits per heavy atom. The molecule has 0 saturated heterocycles. The van der Waals surface area contributed by atoms with Crippen molar-refractivity contribution in [3.05, 3.63) is 28.2 Å². The van der Waals surface area contributed by atoms with E-state index in [0.29, 0.717) is 28.6 Å². The Kier molecular flexibility index (Phi) is 6.75. The van der Waals surface area contributed by atoms with Crippen LogP contribution in [0.3, 0.4) is 0 Å². The minimum Gasteiger partial charge on any atom is -0.482 e. The maximum atomic E-state index is 12.3. The topological polar surface area (TPSA) is 64.6 Å². The van der Waals surface area contributed by atoms with Gasteiger partial charge in [-0.3, -0.25) is 4.79 Å². The molecule has 0 bridgehead atoms. The largest absolute Gasteiger partial charge is 0.482 e. The van der Waals surface area contributed by atoms with Crippen LogP contribution in [0.25, 0.3) is 0 Å². The number of carbonyl (C=O) groups excluding carboxylic acids is 2. The number of benzene rings is 1. The van der Waals surface area contributed by atoms with E-state index in [-0.39, 0.29) is 12.5 Å². The van der Waals surface area contributed by atoms with Gasteiger partial charge in [-0.1, -0.05) is 48.9 Å². The lowest BCUT2D eigenvalue weighted by atomic mass is 9.90. The minimum atomic E-state index is -0.963. The van der Waals surface area contributed by atoms with Crippen molar-refractivity contribution in [2.75, 3.05) is 13.7 Å². The van der Waals surface area contributed by atoms with Crippen molar-refractivity contribution < 1.29 is 19.1 Å². The van der Waals surface area contributed by atoms with Crippen LogP contribution in [-0.4, -0.2) is 31.1 Å². The molecule has 0 heterocycles. The molecule has 1 aliphatic rings. The first kappa shape index (κ1) is 18.9. The Bertz CT molecular complexity index is 598. The van der Waals surface area contributed by atoms with Gasteiger partial charge < -0.3 is 14.8 Å². The van der Waals surface area contributed by atoms with Crippen LogP contribution < -0.4 is 10.1 Å². The molecule has 1 fully saturated rings. The molecule has 1 aromatic rings. The number of rotatable bonds is 5. The van der Waals surface area contributed by atoms with Gasteiger partial charge >= 0.3 is 5.97 Å². The van der Waals surface area contributed by atoms with Crippen molar-refractivity contribution in [3.63, 3.8) is 0 Å². The average molecular weight is 374 g/mol. The van der Waals surface area contributed by atoms with Crippen molar-refractivity contribution in [3.8, 4) is 5.75 Å². The van der Waals surface area contributed by atoms with E-state index in [1.165, 1.54) is 13.2 Å². The van der Waals surface area contributed by atoms with Gasteiger partial charge in [0.2, 0.25) is 0 Å². The Morgan fingerprint density at radius 3 is 2.42 bits per heavy atom. The van der Waals surface area contributed by atoms with Gasteiger partial charge in [0.15, 0.2) is 6.61 Å². The molecule has 5 nitrogen and oxygen atoms in total. The number of amides is 1. The van der Waals surface area contributed by atoms with E-state index in [1.54, 1.807) is 12.1 Å². The predicted octanol–water partition coefficient (Wildman–Crippen LogP) is 3.75. The van der Waals surface area contributed by atoms with Crippen LogP contribution in [0.2, 0.25) is 10.0 Å². The van der Waals surface area contributed by atoms with E-state index >= 15 is 0 Å². The van der Waals surface area contributed by atoms with Gasteiger partial charge in [-0.05, 0) is 31.0 Å². The molecule has 24 heavy (non-hydrogen) atoms.